The molecule has 0 bridgehead atoms. The van der Waals surface area contributed by atoms with Crippen LogP contribution in [0.5, 0.6) is 0 Å². The lowest BCUT2D eigenvalue weighted by atomic mass is 10.0. The maximum Gasteiger partial charge on any atom is 0.192 e. The molecule has 1 aliphatic rings. The Labute approximate surface area is 179 Å². The number of methoxy groups -OCH3 is 1. The zero-order valence-corrected chi connectivity index (χ0v) is 18.7. The number of aliphatic imine (C=N–C) groups is 1. The molecule has 1 saturated heterocycles. The molecule has 1 aliphatic heterocycles. The Hall–Kier alpha value is -2.45. The fraction of sp³-hybridized carbons (Fsp3) is 0.591. The van der Waals surface area contributed by atoms with Crippen LogP contribution in [0.25, 0.3) is 0 Å². The van der Waals surface area contributed by atoms with E-state index >= 15 is 0 Å². The van der Waals surface area contributed by atoms with Crippen LogP contribution in [0, 0.1) is 13.8 Å². The number of likely N-dealkylation sites (tertiary alicyclic amines) is 1. The molecule has 0 atom stereocenters. The molecule has 2 N–H and O–H groups in total. The summed E-state index contributed by atoms with van der Waals surface area (Å²) in [5, 5.41) is 15.3. The largest absolute Gasteiger partial charge is 0.383 e. The summed E-state index contributed by atoms with van der Waals surface area (Å²) in [6.07, 6.45) is 2.19. The molecule has 30 heavy (non-hydrogen) atoms. The van der Waals surface area contributed by atoms with Gasteiger partial charge in [-0.25, -0.2) is 4.99 Å². The number of piperidine rings is 1. The molecule has 0 aliphatic carbocycles. The first kappa shape index (κ1) is 22.2. The fourth-order valence-electron chi connectivity index (χ4n) is 3.62. The molecular formula is C22H35N7O. The number of aromatic nitrogens is 3. The molecule has 2 heterocycles. The third-order valence-corrected chi connectivity index (χ3v) is 5.74. The van der Waals surface area contributed by atoms with E-state index in [4.69, 9.17) is 9.73 Å². The second-order valence-corrected chi connectivity index (χ2v) is 7.93. The zero-order valence-electron chi connectivity index (χ0n) is 18.7. The van der Waals surface area contributed by atoms with Crippen molar-refractivity contribution in [3.63, 3.8) is 0 Å². The van der Waals surface area contributed by atoms with E-state index in [9.17, 15) is 0 Å². The molecule has 8 heteroatoms. The average molecular weight is 414 g/mol. The van der Waals surface area contributed by atoms with Gasteiger partial charge in [-0.3, -0.25) is 4.90 Å². The van der Waals surface area contributed by atoms with E-state index in [1.54, 1.807) is 7.11 Å². The summed E-state index contributed by atoms with van der Waals surface area (Å²) >= 11 is 0. The lowest BCUT2D eigenvalue weighted by molar-refractivity contribution is 0.196. The number of nitrogens with zero attached hydrogens (tertiary/aromatic N) is 5. The second-order valence-electron chi connectivity index (χ2n) is 7.93. The molecule has 0 amide bonds. The average Bonchev–Trinajstić information content (AvgIpc) is 3.07. The van der Waals surface area contributed by atoms with Crippen molar-refractivity contribution >= 4 is 5.96 Å². The van der Waals surface area contributed by atoms with Crippen LogP contribution in [-0.4, -0.2) is 65.0 Å². The standard InChI is InChI=1S/C22H35N7O/c1-17-7-5-6-8-19(17)16-29-12-9-20(10-13-29)25-22(23-11-14-30-4)24-15-21-27-26-18(2)28(21)3/h5-8,20H,9-16H2,1-4H3,(H2,23,24,25). The van der Waals surface area contributed by atoms with Gasteiger partial charge in [-0.2, -0.15) is 0 Å². The van der Waals surface area contributed by atoms with Gasteiger partial charge in [0.15, 0.2) is 11.8 Å². The molecule has 0 spiro atoms. The van der Waals surface area contributed by atoms with Gasteiger partial charge in [0, 0.05) is 46.4 Å². The smallest absolute Gasteiger partial charge is 0.192 e. The van der Waals surface area contributed by atoms with Gasteiger partial charge in [-0.1, -0.05) is 24.3 Å². The van der Waals surface area contributed by atoms with Crippen LogP contribution >= 0.6 is 0 Å². The van der Waals surface area contributed by atoms with E-state index in [-0.39, 0.29) is 0 Å². The summed E-state index contributed by atoms with van der Waals surface area (Å²) in [4.78, 5) is 7.27. The van der Waals surface area contributed by atoms with Crippen LogP contribution in [-0.2, 0) is 24.9 Å². The first-order valence-electron chi connectivity index (χ1n) is 10.7. The summed E-state index contributed by atoms with van der Waals surface area (Å²) in [5.41, 5.74) is 2.79. The van der Waals surface area contributed by atoms with Crippen LogP contribution in [0.1, 0.15) is 35.6 Å². The van der Waals surface area contributed by atoms with Crippen LogP contribution in [0.3, 0.4) is 0 Å². The van der Waals surface area contributed by atoms with Crippen molar-refractivity contribution in [2.75, 3.05) is 33.4 Å². The van der Waals surface area contributed by atoms with Crippen molar-refractivity contribution in [1.82, 2.24) is 30.3 Å². The minimum absolute atomic E-state index is 0.410. The topological polar surface area (TPSA) is 79.6 Å². The van der Waals surface area contributed by atoms with Crippen molar-refractivity contribution in [1.29, 1.82) is 0 Å². The predicted molar refractivity (Wildman–Crippen MR) is 119 cm³/mol. The molecular weight excluding hydrogens is 378 g/mol. The highest BCUT2D eigenvalue weighted by molar-refractivity contribution is 5.80. The maximum absolute atomic E-state index is 5.17. The molecule has 0 saturated carbocycles. The monoisotopic (exact) mass is 413 g/mol. The lowest BCUT2D eigenvalue weighted by Crippen LogP contribution is -2.49. The summed E-state index contributed by atoms with van der Waals surface area (Å²) in [6, 6.07) is 9.07. The Morgan fingerprint density at radius 2 is 1.97 bits per heavy atom. The Balaban J connectivity index is 1.53. The van der Waals surface area contributed by atoms with E-state index < -0.39 is 0 Å². The highest BCUT2D eigenvalue weighted by Crippen LogP contribution is 2.16. The number of ether oxygens (including phenoxy) is 1. The van der Waals surface area contributed by atoms with Gasteiger partial charge in [-0.05, 0) is 37.8 Å². The molecule has 1 aromatic heterocycles. The van der Waals surface area contributed by atoms with Gasteiger partial charge in [-0.15, -0.1) is 10.2 Å². The van der Waals surface area contributed by atoms with E-state index in [1.165, 1.54) is 11.1 Å². The van der Waals surface area contributed by atoms with Crippen LogP contribution in [0.4, 0.5) is 0 Å². The van der Waals surface area contributed by atoms with Crippen molar-refractivity contribution in [3.8, 4) is 0 Å². The van der Waals surface area contributed by atoms with Crippen molar-refractivity contribution in [2.24, 2.45) is 12.0 Å². The Morgan fingerprint density at radius 3 is 2.63 bits per heavy atom. The van der Waals surface area contributed by atoms with Gasteiger partial charge in [0.25, 0.3) is 0 Å². The number of aryl methyl sites for hydroxylation is 2. The zero-order chi connectivity index (χ0) is 21.3. The highest BCUT2D eigenvalue weighted by Gasteiger charge is 2.20. The summed E-state index contributed by atoms with van der Waals surface area (Å²) < 4.78 is 7.14. The van der Waals surface area contributed by atoms with Crippen molar-refractivity contribution in [2.45, 2.75) is 45.8 Å². The van der Waals surface area contributed by atoms with Crippen LogP contribution in [0.2, 0.25) is 0 Å². The van der Waals surface area contributed by atoms with Crippen LogP contribution < -0.4 is 10.6 Å². The summed E-state index contributed by atoms with van der Waals surface area (Å²) in [7, 11) is 3.67. The number of rotatable bonds is 8. The quantitative estimate of drug-likeness (QED) is 0.390. The van der Waals surface area contributed by atoms with Gasteiger partial charge in [0.05, 0.1) is 6.61 Å². The molecule has 164 valence electrons. The number of guanidine groups is 1. The van der Waals surface area contributed by atoms with Gasteiger partial charge in [0.1, 0.15) is 12.4 Å². The molecule has 0 unspecified atom stereocenters. The normalized spacial score (nSPS) is 16.1. The predicted octanol–water partition coefficient (Wildman–Crippen LogP) is 1.78. The molecule has 0 radical (unpaired) electrons. The number of benzene rings is 1. The summed E-state index contributed by atoms with van der Waals surface area (Å²) in [6.45, 7) is 9.17. The van der Waals surface area contributed by atoms with Crippen molar-refractivity contribution < 1.29 is 4.74 Å². The Kier molecular flexibility index (Phi) is 8.21. The van der Waals surface area contributed by atoms with E-state index in [0.29, 0.717) is 25.7 Å². The minimum Gasteiger partial charge on any atom is -0.383 e. The minimum atomic E-state index is 0.410. The van der Waals surface area contributed by atoms with E-state index in [2.05, 4.69) is 56.9 Å². The van der Waals surface area contributed by atoms with Crippen LogP contribution in [0.15, 0.2) is 29.3 Å². The first-order chi connectivity index (χ1) is 14.6. The number of hydrogen-bond donors (Lipinski definition) is 2. The summed E-state index contributed by atoms with van der Waals surface area (Å²) in [5.74, 6) is 2.56. The molecule has 1 aromatic carbocycles. The number of hydrogen-bond acceptors (Lipinski definition) is 5. The number of nitrogens with one attached hydrogen (secondary N) is 2. The SMILES string of the molecule is COCCNC(=NCc1nnc(C)n1C)NC1CCN(Cc2ccccc2C)CC1. The molecule has 1 fully saturated rings. The highest BCUT2D eigenvalue weighted by atomic mass is 16.5. The molecule has 8 nitrogen and oxygen atoms in total. The molecule has 3 rings (SSSR count). The first-order valence-corrected chi connectivity index (χ1v) is 10.7. The van der Waals surface area contributed by atoms with Gasteiger partial charge in [0.2, 0.25) is 0 Å². The van der Waals surface area contributed by atoms with Gasteiger partial charge < -0.3 is 19.9 Å². The Morgan fingerprint density at radius 1 is 1.20 bits per heavy atom. The Bertz CT molecular complexity index is 825. The van der Waals surface area contributed by atoms with Crippen molar-refractivity contribution in [3.05, 3.63) is 47.0 Å². The van der Waals surface area contributed by atoms with E-state index in [0.717, 1.165) is 50.1 Å². The molecule has 2 aromatic rings. The third-order valence-electron chi connectivity index (χ3n) is 5.74. The van der Waals surface area contributed by atoms with Gasteiger partial charge >= 0.3 is 0 Å². The lowest BCUT2D eigenvalue weighted by Gasteiger charge is -2.33. The second kappa shape index (κ2) is 11.1. The maximum atomic E-state index is 5.17. The van der Waals surface area contributed by atoms with E-state index in [1.807, 2.05) is 18.5 Å². The fourth-order valence-corrected chi connectivity index (χ4v) is 3.62. The third kappa shape index (κ3) is 6.27.